The number of fused-ring (bicyclic) bond motifs is 2. The third-order valence-electron chi connectivity index (χ3n) is 5.30. The van der Waals surface area contributed by atoms with Gasteiger partial charge >= 0.3 is 0 Å². The molecule has 0 bridgehead atoms. The van der Waals surface area contributed by atoms with E-state index in [2.05, 4.69) is 26.9 Å². The van der Waals surface area contributed by atoms with Gasteiger partial charge in [0.15, 0.2) is 29.0 Å². The molecule has 2 aromatic heterocycles. The van der Waals surface area contributed by atoms with Gasteiger partial charge in [0.2, 0.25) is 0 Å². The molecular formula is C18H29N7O3. The molecule has 4 rings (SSSR count). The molecule has 28 heavy (non-hydrogen) atoms. The van der Waals surface area contributed by atoms with Crippen LogP contribution in [0, 0.1) is 6.92 Å². The predicted octanol–water partition coefficient (Wildman–Crippen LogP) is 0.415. The summed E-state index contributed by atoms with van der Waals surface area (Å²) in [5.41, 5.74) is 12.8. The molecule has 0 saturated carbocycles. The fourth-order valence-electron chi connectivity index (χ4n) is 4.11. The molecule has 154 valence electrons. The van der Waals surface area contributed by atoms with Gasteiger partial charge < -0.3 is 30.6 Å². The van der Waals surface area contributed by atoms with Crippen molar-refractivity contribution in [2.24, 2.45) is 5.73 Å². The minimum atomic E-state index is -0.677. The second-order valence-electron chi connectivity index (χ2n) is 7.99. The van der Waals surface area contributed by atoms with Crippen LogP contribution >= 0.6 is 0 Å². The van der Waals surface area contributed by atoms with Gasteiger partial charge in [-0.2, -0.15) is 0 Å². The number of aryl methyl sites for hydroxylation is 1. The summed E-state index contributed by atoms with van der Waals surface area (Å²) in [6.07, 6.45) is 1.38. The van der Waals surface area contributed by atoms with Crippen molar-refractivity contribution >= 4 is 17.0 Å². The van der Waals surface area contributed by atoms with E-state index in [1.807, 2.05) is 25.3 Å². The van der Waals surface area contributed by atoms with Crippen LogP contribution in [0.25, 0.3) is 11.2 Å². The normalized spacial score (nSPS) is 29.1. The molecule has 2 aromatic rings. The number of imidazole rings is 1. The number of likely N-dealkylation sites (N-methyl/N-ethyl adjacent to an activating group) is 1. The van der Waals surface area contributed by atoms with Gasteiger partial charge in [0.25, 0.3) is 0 Å². The van der Waals surface area contributed by atoms with Gasteiger partial charge in [-0.25, -0.2) is 15.0 Å². The molecular weight excluding hydrogens is 362 g/mol. The summed E-state index contributed by atoms with van der Waals surface area (Å²) >= 11 is 0. The molecule has 2 fully saturated rings. The molecule has 4 N–H and O–H groups in total. The maximum Gasteiger partial charge on any atom is 0.167 e. The van der Waals surface area contributed by atoms with E-state index in [9.17, 15) is 0 Å². The molecule has 10 nitrogen and oxygen atoms in total. The SMILES string of the molecule is Cc1nc2c(N)ncnc2n1[C@@H]1O[C@H](CN(C)CCCN)[C@H]2OC(C)(C)O[C@H]21. The van der Waals surface area contributed by atoms with Crippen molar-refractivity contribution in [2.75, 3.05) is 32.4 Å². The predicted molar refractivity (Wildman–Crippen MR) is 103 cm³/mol. The van der Waals surface area contributed by atoms with E-state index >= 15 is 0 Å². The molecule has 4 atom stereocenters. The quantitative estimate of drug-likeness (QED) is 0.720. The number of hydrogen-bond donors (Lipinski definition) is 2. The molecule has 2 aliphatic rings. The number of nitrogens with two attached hydrogens (primary N) is 2. The first-order valence-electron chi connectivity index (χ1n) is 9.65. The smallest absolute Gasteiger partial charge is 0.167 e. The number of nitrogen functional groups attached to an aromatic ring is 1. The summed E-state index contributed by atoms with van der Waals surface area (Å²) in [4.78, 5) is 15.2. The first kappa shape index (κ1) is 19.5. The van der Waals surface area contributed by atoms with E-state index < -0.39 is 12.0 Å². The molecule has 10 heteroatoms. The minimum absolute atomic E-state index is 0.143. The van der Waals surface area contributed by atoms with Crippen LogP contribution in [0.15, 0.2) is 6.33 Å². The van der Waals surface area contributed by atoms with Gasteiger partial charge in [0.1, 0.15) is 30.5 Å². The van der Waals surface area contributed by atoms with E-state index in [4.69, 9.17) is 25.7 Å². The number of hydrogen-bond acceptors (Lipinski definition) is 9. The van der Waals surface area contributed by atoms with E-state index in [0.717, 1.165) is 25.3 Å². The second-order valence-corrected chi connectivity index (χ2v) is 7.99. The fourth-order valence-corrected chi connectivity index (χ4v) is 4.11. The molecule has 4 heterocycles. The Morgan fingerprint density at radius 1 is 1.25 bits per heavy atom. The number of aromatic nitrogens is 4. The first-order chi connectivity index (χ1) is 13.3. The zero-order chi connectivity index (χ0) is 20.1. The number of rotatable bonds is 6. The van der Waals surface area contributed by atoms with Crippen molar-refractivity contribution in [3.05, 3.63) is 12.2 Å². The summed E-state index contributed by atoms with van der Waals surface area (Å²) in [6, 6.07) is 0. The van der Waals surface area contributed by atoms with Crippen LogP contribution in [0.5, 0.6) is 0 Å². The first-order valence-corrected chi connectivity index (χ1v) is 9.65. The number of nitrogens with zero attached hydrogens (tertiary/aromatic N) is 5. The van der Waals surface area contributed by atoms with E-state index in [1.54, 1.807) is 0 Å². The van der Waals surface area contributed by atoms with Gasteiger partial charge in [0.05, 0.1) is 0 Å². The Balaban J connectivity index is 1.66. The summed E-state index contributed by atoms with van der Waals surface area (Å²) < 4.78 is 20.8. The summed E-state index contributed by atoms with van der Waals surface area (Å²) in [5, 5.41) is 0. The maximum absolute atomic E-state index is 6.44. The van der Waals surface area contributed by atoms with Gasteiger partial charge in [-0.3, -0.25) is 4.57 Å². The lowest BCUT2D eigenvalue weighted by molar-refractivity contribution is -0.197. The molecule has 0 amide bonds. The van der Waals surface area contributed by atoms with Gasteiger partial charge in [-0.05, 0) is 47.3 Å². The third-order valence-corrected chi connectivity index (χ3v) is 5.30. The Hall–Kier alpha value is -1.85. The summed E-state index contributed by atoms with van der Waals surface area (Å²) in [6.45, 7) is 8.05. The Labute approximate surface area is 164 Å². The standard InChI is InChI=1S/C18H29N7O3/c1-10-23-12-15(20)21-9-22-16(12)25(10)17-14-13(27-18(2,3)28-14)11(26-17)8-24(4)7-5-6-19/h9,11,13-14,17H,5-8,19H2,1-4H3,(H2,20,21,22)/t11-,13-,14-,17-/m1/s1. The van der Waals surface area contributed by atoms with Crippen molar-refractivity contribution in [3.63, 3.8) is 0 Å². The van der Waals surface area contributed by atoms with Crippen LogP contribution in [0.1, 0.15) is 32.3 Å². The highest BCUT2D eigenvalue weighted by Gasteiger charge is 2.56. The second kappa shape index (κ2) is 7.20. The molecule has 2 saturated heterocycles. The van der Waals surface area contributed by atoms with Crippen LogP contribution in [-0.4, -0.2) is 75.2 Å². The lowest BCUT2D eigenvalue weighted by atomic mass is 10.1. The lowest BCUT2D eigenvalue weighted by Gasteiger charge is -2.27. The lowest BCUT2D eigenvalue weighted by Crippen LogP contribution is -2.39. The Morgan fingerprint density at radius 2 is 2.00 bits per heavy atom. The summed E-state index contributed by atoms with van der Waals surface area (Å²) in [5.74, 6) is 0.420. The average molecular weight is 391 g/mol. The fraction of sp³-hybridized carbons (Fsp3) is 0.722. The van der Waals surface area contributed by atoms with Crippen LogP contribution in [0.3, 0.4) is 0 Å². The molecule has 0 aromatic carbocycles. The van der Waals surface area contributed by atoms with E-state index in [1.165, 1.54) is 6.33 Å². The van der Waals surface area contributed by atoms with E-state index in [0.29, 0.717) is 23.5 Å². The van der Waals surface area contributed by atoms with Gasteiger partial charge in [-0.15, -0.1) is 0 Å². The number of ether oxygens (including phenoxy) is 3. The van der Waals surface area contributed by atoms with Crippen LogP contribution < -0.4 is 11.5 Å². The largest absolute Gasteiger partial charge is 0.382 e. The Morgan fingerprint density at radius 3 is 2.75 bits per heavy atom. The number of anilines is 1. The average Bonchev–Trinajstić information content (AvgIpc) is 3.23. The third kappa shape index (κ3) is 3.35. The molecule has 0 unspecified atom stereocenters. The highest BCUT2D eigenvalue weighted by Crippen LogP contribution is 2.44. The van der Waals surface area contributed by atoms with Crippen LogP contribution in [0.4, 0.5) is 5.82 Å². The Bertz CT molecular complexity index is 855. The van der Waals surface area contributed by atoms with Gasteiger partial charge in [-0.1, -0.05) is 0 Å². The molecule has 0 spiro atoms. The van der Waals surface area contributed by atoms with Crippen molar-refractivity contribution in [3.8, 4) is 0 Å². The minimum Gasteiger partial charge on any atom is -0.382 e. The molecule has 0 radical (unpaired) electrons. The van der Waals surface area contributed by atoms with E-state index in [-0.39, 0.29) is 18.3 Å². The van der Waals surface area contributed by atoms with Gasteiger partial charge in [0, 0.05) is 6.54 Å². The highest BCUT2D eigenvalue weighted by molar-refractivity contribution is 5.81. The molecule has 0 aliphatic carbocycles. The maximum atomic E-state index is 6.44. The highest BCUT2D eigenvalue weighted by atomic mass is 16.8. The molecule has 2 aliphatic heterocycles. The van der Waals surface area contributed by atoms with Crippen LogP contribution in [-0.2, 0) is 14.2 Å². The Kier molecular flexibility index (Phi) is 5.00. The monoisotopic (exact) mass is 391 g/mol. The van der Waals surface area contributed by atoms with Crippen molar-refractivity contribution in [1.82, 2.24) is 24.4 Å². The zero-order valence-corrected chi connectivity index (χ0v) is 16.8. The summed E-state index contributed by atoms with van der Waals surface area (Å²) in [7, 11) is 2.06. The van der Waals surface area contributed by atoms with Crippen molar-refractivity contribution in [2.45, 2.75) is 57.5 Å². The van der Waals surface area contributed by atoms with Crippen molar-refractivity contribution < 1.29 is 14.2 Å². The zero-order valence-electron chi connectivity index (χ0n) is 16.8. The van der Waals surface area contributed by atoms with Crippen molar-refractivity contribution in [1.29, 1.82) is 0 Å². The topological polar surface area (TPSA) is 127 Å². The van der Waals surface area contributed by atoms with Crippen LogP contribution in [0.2, 0.25) is 0 Å².